The lowest BCUT2D eigenvalue weighted by Gasteiger charge is -2.32. The van der Waals surface area contributed by atoms with Crippen LogP contribution in [0.1, 0.15) is 61.5 Å². The highest BCUT2D eigenvalue weighted by atomic mass is 32.1. The van der Waals surface area contributed by atoms with Gasteiger partial charge in [-0.05, 0) is 37.5 Å². The third-order valence-corrected chi connectivity index (χ3v) is 8.05. The fourth-order valence-corrected chi connectivity index (χ4v) is 5.88. The summed E-state index contributed by atoms with van der Waals surface area (Å²) in [6, 6.07) is 1.02. The zero-order valence-electron chi connectivity index (χ0n) is 19.1. The Morgan fingerprint density at radius 2 is 1.97 bits per heavy atom. The summed E-state index contributed by atoms with van der Waals surface area (Å²) in [4.78, 5) is 47.4. The average Bonchev–Trinajstić information content (AvgIpc) is 3.46. The molecule has 4 heterocycles. The molecule has 1 spiro atoms. The van der Waals surface area contributed by atoms with Crippen molar-refractivity contribution in [3.63, 3.8) is 0 Å². The number of carbonyl (C=O) groups excluding carboxylic acids is 3. The van der Waals surface area contributed by atoms with E-state index in [0.29, 0.717) is 49.2 Å². The monoisotopic (exact) mass is 483 g/mol. The Labute approximate surface area is 202 Å². The van der Waals surface area contributed by atoms with Gasteiger partial charge < -0.3 is 20.7 Å². The Morgan fingerprint density at radius 3 is 2.68 bits per heavy atom. The van der Waals surface area contributed by atoms with E-state index < -0.39 is 11.5 Å². The van der Waals surface area contributed by atoms with E-state index in [-0.39, 0.29) is 23.6 Å². The van der Waals surface area contributed by atoms with Gasteiger partial charge in [-0.2, -0.15) is 0 Å². The summed E-state index contributed by atoms with van der Waals surface area (Å²) in [6.07, 6.45) is 6.70. The number of nitrogens with one attached hydrogen (secondary N) is 3. The van der Waals surface area contributed by atoms with Crippen LogP contribution in [0.3, 0.4) is 0 Å². The van der Waals surface area contributed by atoms with Gasteiger partial charge in [0.25, 0.3) is 5.91 Å². The standard InChI is InChI=1S/C24H29N5O4S/c1-14-2-4-15(5-3-14)20(29-21(30)18-12-34-13-26-18)22(31)28-19-10-17-16(11-25-19)24(23(32)27-17)6-8-33-9-7-24/h10-15,20H,2-9H2,1H3,(H,27,32)(H,29,30)(H,25,28,31)/t14-,15-,20-/m0/s1. The number of hydrogen-bond acceptors (Lipinski definition) is 7. The Bertz CT molecular complexity index is 1080. The van der Waals surface area contributed by atoms with E-state index in [1.807, 2.05) is 0 Å². The molecule has 9 nitrogen and oxygen atoms in total. The number of pyridine rings is 1. The molecule has 10 heteroatoms. The first kappa shape index (κ1) is 22.9. The van der Waals surface area contributed by atoms with E-state index in [1.165, 1.54) is 11.3 Å². The van der Waals surface area contributed by atoms with Gasteiger partial charge in [-0.3, -0.25) is 14.4 Å². The van der Waals surface area contributed by atoms with E-state index in [0.717, 1.165) is 31.2 Å². The second kappa shape index (κ2) is 9.42. The molecule has 0 aromatic carbocycles. The van der Waals surface area contributed by atoms with Gasteiger partial charge >= 0.3 is 0 Å². The summed E-state index contributed by atoms with van der Waals surface area (Å²) in [7, 11) is 0. The van der Waals surface area contributed by atoms with Crippen LogP contribution in [0, 0.1) is 11.8 Å². The normalized spacial score (nSPS) is 24.2. The number of aromatic nitrogens is 2. The van der Waals surface area contributed by atoms with E-state index in [2.05, 4.69) is 32.8 Å². The van der Waals surface area contributed by atoms with Crippen molar-refractivity contribution in [3.8, 4) is 0 Å². The molecule has 0 bridgehead atoms. The number of amides is 3. The molecule has 3 N–H and O–H groups in total. The Hall–Kier alpha value is -2.85. The molecule has 2 aliphatic heterocycles. The zero-order valence-corrected chi connectivity index (χ0v) is 20.0. The van der Waals surface area contributed by atoms with Crippen molar-refractivity contribution in [2.75, 3.05) is 23.8 Å². The van der Waals surface area contributed by atoms with Gasteiger partial charge in [-0.1, -0.05) is 19.8 Å². The molecule has 1 atom stereocenters. The molecule has 5 rings (SSSR count). The van der Waals surface area contributed by atoms with Crippen LogP contribution in [-0.2, 0) is 19.7 Å². The fraction of sp³-hybridized carbons (Fsp3) is 0.542. The second-order valence-electron chi connectivity index (χ2n) is 9.60. The molecule has 2 aromatic heterocycles. The Kier molecular flexibility index (Phi) is 6.35. The van der Waals surface area contributed by atoms with Crippen molar-refractivity contribution in [3.05, 3.63) is 34.4 Å². The van der Waals surface area contributed by atoms with Gasteiger partial charge in [-0.25, -0.2) is 9.97 Å². The average molecular weight is 484 g/mol. The van der Waals surface area contributed by atoms with Crippen LogP contribution in [0.4, 0.5) is 11.5 Å². The molecule has 180 valence electrons. The van der Waals surface area contributed by atoms with Crippen molar-refractivity contribution >= 4 is 40.6 Å². The van der Waals surface area contributed by atoms with Crippen LogP contribution >= 0.6 is 11.3 Å². The van der Waals surface area contributed by atoms with Gasteiger partial charge in [0.2, 0.25) is 11.8 Å². The first-order chi connectivity index (χ1) is 16.5. The maximum absolute atomic E-state index is 13.4. The number of ether oxygens (including phenoxy) is 1. The third-order valence-electron chi connectivity index (χ3n) is 7.47. The minimum Gasteiger partial charge on any atom is -0.381 e. The number of carbonyl (C=O) groups is 3. The first-order valence-electron chi connectivity index (χ1n) is 11.9. The second-order valence-corrected chi connectivity index (χ2v) is 10.3. The molecule has 0 radical (unpaired) electrons. The van der Waals surface area contributed by atoms with E-state index in [4.69, 9.17) is 4.74 Å². The number of fused-ring (bicyclic) bond motifs is 2. The van der Waals surface area contributed by atoms with Crippen molar-refractivity contribution in [1.82, 2.24) is 15.3 Å². The van der Waals surface area contributed by atoms with Gasteiger partial charge in [0.05, 0.1) is 16.6 Å². The Balaban J connectivity index is 1.34. The van der Waals surface area contributed by atoms with Crippen LogP contribution in [0.25, 0.3) is 0 Å². The lowest BCUT2D eigenvalue weighted by molar-refractivity contribution is -0.124. The SMILES string of the molecule is C[C@H]1CC[C@H]([C@H](NC(=O)c2cscn2)C(=O)Nc2cc3c(cn2)C2(CCOCC2)C(=O)N3)CC1. The van der Waals surface area contributed by atoms with Crippen molar-refractivity contribution in [2.45, 2.75) is 56.9 Å². The summed E-state index contributed by atoms with van der Waals surface area (Å²) in [5, 5.41) is 10.4. The van der Waals surface area contributed by atoms with Crippen LogP contribution in [-0.4, -0.2) is 46.9 Å². The molecule has 34 heavy (non-hydrogen) atoms. The predicted molar refractivity (Wildman–Crippen MR) is 128 cm³/mol. The largest absolute Gasteiger partial charge is 0.381 e. The molecule has 2 fully saturated rings. The van der Waals surface area contributed by atoms with Crippen molar-refractivity contribution < 1.29 is 19.1 Å². The third kappa shape index (κ3) is 4.32. The number of hydrogen-bond donors (Lipinski definition) is 3. The lowest BCUT2D eigenvalue weighted by Crippen LogP contribution is -2.49. The highest BCUT2D eigenvalue weighted by molar-refractivity contribution is 7.07. The van der Waals surface area contributed by atoms with Gasteiger partial charge in [0, 0.05) is 36.4 Å². The summed E-state index contributed by atoms with van der Waals surface area (Å²) < 4.78 is 5.45. The summed E-state index contributed by atoms with van der Waals surface area (Å²) in [5.74, 6) is 0.314. The van der Waals surface area contributed by atoms with Crippen LogP contribution < -0.4 is 16.0 Å². The molecular weight excluding hydrogens is 454 g/mol. The molecule has 1 saturated carbocycles. The quantitative estimate of drug-likeness (QED) is 0.601. The van der Waals surface area contributed by atoms with Crippen molar-refractivity contribution in [1.29, 1.82) is 0 Å². The minimum atomic E-state index is -0.687. The predicted octanol–water partition coefficient (Wildman–Crippen LogP) is 3.10. The number of rotatable bonds is 5. The van der Waals surface area contributed by atoms with Crippen molar-refractivity contribution in [2.24, 2.45) is 11.8 Å². The van der Waals surface area contributed by atoms with Gasteiger partial charge in [0.1, 0.15) is 17.6 Å². The zero-order chi connectivity index (χ0) is 23.7. The van der Waals surface area contributed by atoms with Crippen LogP contribution in [0.5, 0.6) is 0 Å². The lowest BCUT2D eigenvalue weighted by atomic mass is 9.76. The summed E-state index contributed by atoms with van der Waals surface area (Å²) in [5.41, 5.74) is 2.83. The number of nitrogens with zero attached hydrogens (tertiary/aromatic N) is 2. The maximum atomic E-state index is 13.4. The molecule has 0 unspecified atom stereocenters. The van der Waals surface area contributed by atoms with Gasteiger partial charge in [0.15, 0.2) is 0 Å². The fourth-order valence-electron chi connectivity index (χ4n) is 5.35. The van der Waals surface area contributed by atoms with E-state index in [9.17, 15) is 14.4 Å². The summed E-state index contributed by atoms with van der Waals surface area (Å²) >= 11 is 1.34. The molecule has 3 aliphatic rings. The number of anilines is 2. The molecular formula is C24H29N5O4S. The number of thiazole rings is 1. The van der Waals surface area contributed by atoms with E-state index in [1.54, 1.807) is 23.2 Å². The topological polar surface area (TPSA) is 122 Å². The molecule has 2 aromatic rings. The minimum absolute atomic E-state index is 0.0402. The molecule has 1 aliphatic carbocycles. The van der Waals surface area contributed by atoms with E-state index >= 15 is 0 Å². The smallest absolute Gasteiger partial charge is 0.271 e. The molecule has 3 amide bonds. The summed E-state index contributed by atoms with van der Waals surface area (Å²) in [6.45, 7) is 3.28. The van der Waals surface area contributed by atoms with Crippen LogP contribution in [0.15, 0.2) is 23.2 Å². The molecule has 1 saturated heterocycles. The Morgan fingerprint density at radius 1 is 1.21 bits per heavy atom. The maximum Gasteiger partial charge on any atom is 0.271 e. The van der Waals surface area contributed by atoms with Gasteiger partial charge in [-0.15, -0.1) is 11.3 Å². The highest BCUT2D eigenvalue weighted by Gasteiger charge is 2.48. The first-order valence-corrected chi connectivity index (χ1v) is 12.8. The van der Waals surface area contributed by atoms with Crippen LogP contribution in [0.2, 0.25) is 0 Å². The highest BCUT2D eigenvalue weighted by Crippen LogP contribution is 2.44.